The fourth-order valence-corrected chi connectivity index (χ4v) is 2.45. The molecule has 2 heteroatoms. The first-order chi connectivity index (χ1) is 8.25. The normalized spacial score (nSPS) is 18.1. The third kappa shape index (κ3) is 1.75. The monoisotopic (exact) mass is 227 g/mol. The predicted molar refractivity (Wildman–Crippen MR) is 66.3 cm³/mol. The summed E-state index contributed by atoms with van der Waals surface area (Å²) >= 11 is 0. The van der Waals surface area contributed by atoms with E-state index in [-0.39, 0.29) is 11.9 Å². The third-order valence-corrected chi connectivity index (χ3v) is 3.33. The number of hydrogen-bond donors (Lipinski definition) is 1. The average Bonchev–Trinajstić information content (AvgIpc) is 2.72. The second-order valence-electron chi connectivity index (χ2n) is 4.54. The molecule has 1 N–H and O–H groups in total. The predicted octanol–water partition coefficient (Wildman–Crippen LogP) is 3.33. The lowest BCUT2D eigenvalue weighted by Crippen LogP contribution is -2.14. The lowest BCUT2D eigenvalue weighted by atomic mass is 9.96. The van der Waals surface area contributed by atoms with E-state index in [0.717, 1.165) is 12.1 Å². The van der Waals surface area contributed by atoms with Crippen LogP contribution in [0.1, 0.15) is 28.3 Å². The minimum Gasteiger partial charge on any atom is -0.302 e. The third-order valence-electron chi connectivity index (χ3n) is 3.33. The van der Waals surface area contributed by atoms with Gasteiger partial charge in [-0.3, -0.25) is 0 Å². The van der Waals surface area contributed by atoms with E-state index in [1.54, 1.807) is 6.07 Å². The van der Waals surface area contributed by atoms with Crippen molar-refractivity contribution < 1.29 is 4.39 Å². The van der Waals surface area contributed by atoms with Gasteiger partial charge >= 0.3 is 0 Å². The molecule has 1 aliphatic heterocycles. The fourth-order valence-electron chi connectivity index (χ4n) is 2.45. The zero-order valence-corrected chi connectivity index (χ0v) is 9.70. The largest absolute Gasteiger partial charge is 0.302 e. The maximum absolute atomic E-state index is 13.8. The molecule has 0 saturated carbocycles. The lowest BCUT2D eigenvalue weighted by Gasteiger charge is -2.13. The molecule has 1 aliphatic rings. The summed E-state index contributed by atoms with van der Waals surface area (Å²) in [4.78, 5) is 0. The van der Waals surface area contributed by atoms with Gasteiger partial charge in [-0.05, 0) is 24.1 Å². The number of fused-ring (bicyclic) bond motifs is 1. The Labute approximate surface area is 100 Å². The Morgan fingerprint density at radius 1 is 1.12 bits per heavy atom. The molecule has 0 saturated heterocycles. The molecule has 0 aliphatic carbocycles. The highest BCUT2D eigenvalue weighted by Gasteiger charge is 2.25. The zero-order valence-electron chi connectivity index (χ0n) is 9.70. The summed E-state index contributed by atoms with van der Waals surface area (Å²) in [5.74, 6) is -0.139. The molecule has 86 valence electrons. The van der Waals surface area contributed by atoms with Crippen molar-refractivity contribution in [2.45, 2.75) is 19.5 Å². The van der Waals surface area contributed by atoms with Crippen LogP contribution in [0.15, 0.2) is 42.5 Å². The van der Waals surface area contributed by atoms with Crippen LogP contribution in [0.4, 0.5) is 4.39 Å². The van der Waals surface area contributed by atoms with Crippen molar-refractivity contribution in [3.05, 3.63) is 70.5 Å². The minimum absolute atomic E-state index is 0.00824. The van der Waals surface area contributed by atoms with Crippen LogP contribution >= 0.6 is 0 Å². The number of halogens is 1. The van der Waals surface area contributed by atoms with E-state index in [1.165, 1.54) is 22.8 Å². The van der Waals surface area contributed by atoms with Gasteiger partial charge in [0.15, 0.2) is 0 Å². The molecule has 1 atom stereocenters. The van der Waals surface area contributed by atoms with Crippen LogP contribution in [-0.2, 0) is 6.54 Å². The summed E-state index contributed by atoms with van der Waals surface area (Å²) in [6.45, 7) is 2.88. The molecule has 0 amide bonds. The van der Waals surface area contributed by atoms with Crippen LogP contribution in [0.3, 0.4) is 0 Å². The molecule has 17 heavy (non-hydrogen) atoms. The van der Waals surface area contributed by atoms with E-state index < -0.39 is 0 Å². The summed E-state index contributed by atoms with van der Waals surface area (Å²) in [6.07, 6.45) is 0. The van der Waals surface area contributed by atoms with Gasteiger partial charge in [-0.25, -0.2) is 4.39 Å². The van der Waals surface area contributed by atoms with Crippen molar-refractivity contribution in [1.82, 2.24) is 5.32 Å². The highest BCUT2D eigenvalue weighted by atomic mass is 19.1. The van der Waals surface area contributed by atoms with Crippen molar-refractivity contribution >= 4 is 0 Å². The Morgan fingerprint density at radius 2 is 1.94 bits per heavy atom. The van der Waals surface area contributed by atoms with Gasteiger partial charge in [-0.15, -0.1) is 0 Å². The molecular formula is C15H14FN. The van der Waals surface area contributed by atoms with E-state index in [1.807, 2.05) is 12.1 Å². The van der Waals surface area contributed by atoms with Gasteiger partial charge in [-0.2, -0.15) is 0 Å². The van der Waals surface area contributed by atoms with Gasteiger partial charge in [0.2, 0.25) is 0 Å². The number of rotatable bonds is 1. The smallest absolute Gasteiger partial charge is 0.128 e. The Bertz CT molecular complexity index is 563. The first kappa shape index (κ1) is 10.5. The van der Waals surface area contributed by atoms with Gasteiger partial charge in [0.1, 0.15) is 5.82 Å². The first-order valence-corrected chi connectivity index (χ1v) is 5.83. The quantitative estimate of drug-likeness (QED) is 0.788. The fraction of sp³-hybridized carbons (Fsp3) is 0.200. The molecule has 0 bridgehead atoms. The SMILES string of the molecule is Cc1ccc2c(c1)C(c1ccccc1F)NC2. The Morgan fingerprint density at radius 3 is 2.76 bits per heavy atom. The molecule has 3 rings (SSSR count). The van der Waals surface area contributed by atoms with Crippen molar-refractivity contribution in [2.24, 2.45) is 0 Å². The van der Waals surface area contributed by atoms with Crippen molar-refractivity contribution in [3.8, 4) is 0 Å². The summed E-state index contributed by atoms with van der Waals surface area (Å²) in [7, 11) is 0. The van der Waals surface area contributed by atoms with Gasteiger partial charge < -0.3 is 5.32 Å². The van der Waals surface area contributed by atoms with E-state index in [0.29, 0.717) is 0 Å². The summed E-state index contributed by atoms with van der Waals surface area (Å²) < 4.78 is 13.8. The van der Waals surface area contributed by atoms with Crippen LogP contribution < -0.4 is 5.32 Å². The number of aryl methyl sites for hydroxylation is 1. The van der Waals surface area contributed by atoms with E-state index in [4.69, 9.17) is 0 Å². The number of hydrogen-bond acceptors (Lipinski definition) is 1. The highest BCUT2D eigenvalue weighted by molar-refractivity contribution is 5.43. The standard InChI is InChI=1S/C15H14FN/c1-10-6-7-11-9-17-15(13(11)8-10)12-4-2-3-5-14(12)16/h2-8,15,17H,9H2,1H3. The maximum Gasteiger partial charge on any atom is 0.128 e. The van der Waals surface area contributed by atoms with Crippen molar-refractivity contribution in [1.29, 1.82) is 0 Å². The van der Waals surface area contributed by atoms with E-state index >= 15 is 0 Å². The van der Waals surface area contributed by atoms with Crippen molar-refractivity contribution in [2.75, 3.05) is 0 Å². The highest BCUT2D eigenvalue weighted by Crippen LogP contribution is 2.32. The second kappa shape index (κ2) is 3.97. The molecule has 1 nitrogen and oxygen atoms in total. The molecule has 0 radical (unpaired) electrons. The van der Waals surface area contributed by atoms with Crippen LogP contribution in [0.2, 0.25) is 0 Å². The average molecular weight is 227 g/mol. The molecule has 2 aromatic carbocycles. The second-order valence-corrected chi connectivity index (χ2v) is 4.54. The lowest BCUT2D eigenvalue weighted by molar-refractivity contribution is 0.572. The van der Waals surface area contributed by atoms with Crippen LogP contribution in [-0.4, -0.2) is 0 Å². The molecular weight excluding hydrogens is 213 g/mol. The molecule has 1 unspecified atom stereocenters. The molecule has 0 fully saturated rings. The number of nitrogens with one attached hydrogen (secondary N) is 1. The van der Waals surface area contributed by atoms with Crippen molar-refractivity contribution in [3.63, 3.8) is 0 Å². The first-order valence-electron chi connectivity index (χ1n) is 5.83. The van der Waals surface area contributed by atoms with Crippen LogP contribution in [0, 0.1) is 12.7 Å². The van der Waals surface area contributed by atoms with Crippen LogP contribution in [0.25, 0.3) is 0 Å². The summed E-state index contributed by atoms with van der Waals surface area (Å²) in [5.41, 5.74) is 4.42. The Balaban J connectivity index is 2.10. The Hall–Kier alpha value is -1.67. The molecule has 1 heterocycles. The maximum atomic E-state index is 13.8. The summed E-state index contributed by atoms with van der Waals surface area (Å²) in [5, 5.41) is 3.37. The van der Waals surface area contributed by atoms with Gasteiger partial charge in [-0.1, -0.05) is 42.0 Å². The Kier molecular flexibility index (Phi) is 2.45. The van der Waals surface area contributed by atoms with Gasteiger partial charge in [0.05, 0.1) is 6.04 Å². The van der Waals surface area contributed by atoms with Crippen LogP contribution in [0.5, 0.6) is 0 Å². The molecule has 0 aromatic heterocycles. The number of benzene rings is 2. The molecule has 0 spiro atoms. The summed E-state index contributed by atoms with van der Waals surface area (Å²) in [6, 6.07) is 13.3. The topological polar surface area (TPSA) is 12.0 Å². The molecule has 2 aromatic rings. The van der Waals surface area contributed by atoms with E-state index in [9.17, 15) is 4.39 Å². The van der Waals surface area contributed by atoms with Gasteiger partial charge in [0.25, 0.3) is 0 Å². The van der Waals surface area contributed by atoms with E-state index in [2.05, 4.69) is 30.4 Å². The minimum atomic E-state index is -0.139. The zero-order chi connectivity index (χ0) is 11.8. The van der Waals surface area contributed by atoms with Gasteiger partial charge in [0, 0.05) is 12.1 Å².